The van der Waals surface area contributed by atoms with Crippen molar-refractivity contribution in [2.45, 2.75) is 0 Å². The highest BCUT2D eigenvalue weighted by atomic mass is 16.5. The number of nitrogen functional groups attached to an aromatic ring is 1. The Hall–Kier alpha value is -3.09. The number of anilines is 1. The number of ether oxygens (including phenoxy) is 3. The van der Waals surface area contributed by atoms with Crippen LogP contribution in [0.5, 0.6) is 23.0 Å². The van der Waals surface area contributed by atoms with Gasteiger partial charge in [-0.15, -0.1) is 0 Å². The van der Waals surface area contributed by atoms with Crippen LogP contribution in [0, 0.1) is 0 Å². The summed E-state index contributed by atoms with van der Waals surface area (Å²) in [5.74, 6) is 0.271. The zero-order valence-corrected chi connectivity index (χ0v) is 13.8. The van der Waals surface area contributed by atoms with E-state index >= 15 is 0 Å². The van der Waals surface area contributed by atoms with Crippen molar-refractivity contribution in [3.05, 3.63) is 28.4 Å². The third-order valence-corrected chi connectivity index (χ3v) is 4.12. The molecule has 0 amide bonds. The molecule has 1 heterocycles. The maximum absolute atomic E-state index is 13.0. The molecule has 0 aliphatic rings. The quantitative estimate of drug-likeness (QED) is 0.563. The highest BCUT2D eigenvalue weighted by molar-refractivity contribution is 6.03. The topological polar surface area (TPSA) is 95.9 Å². The van der Waals surface area contributed by atoms with Crippen molar-refractivity contribution in [3.8, 4) is 23.0 Å². The normalized spacial score (nSPS) is 11.0. The molecule has 126 valence electrons. The zero-order chi connectivity index (χ0) is 17.6. The Kier molecular flexibility index (Phi) is 3.63. The van der Waals surface area contributed by atoms with Crippen LogP contribution in [0.2, 0.25) is 0 Å². The Morgan fingerprint density at radius 3 is 2.25 bits per heavy atom. The molecule has 0 aliphatic carbocycles. The number of aromatic hydroxyl groups is 1. The Morgan fingerprint density at radius 2 is 1.67 bits per heavy atom. The molecule has 3 N–H and O–H groups in total. The van der Waals surface area contributed by atoms with Crippen molar-refractivity contribution in [3.63, 3.8) is 0 Å². The second-order valence-electron chi connectivity index (χ2n) is 5.34. The molecule has 7 heteroatoms. The minimum absolute atomic E-state index is 0.0437. The number of phenols is 1. The molecule has 2 aromatic carbocycles. The molecule has 3 rings (SSSR count). The largest absolute Gasteiger partial charge is 0.504 e. The lowest BCUT2D eigenvalue weighted by atomic mass is 10.1. The fourth-order valence-electron chi connectivity index (χ4n) is 3.04. The van der Waals surface area contributed by atoms with E-state index in [-0.39, 0.29) is 28.1 Å². The molecule has 0 bridgehead atoms. The average molecular weight is 330 g/mol. The van der Waals surface area contributed by atoms with Gasteiger partial charge in [0.25, 0.3) is 0 Å². The highest BCUT2D eigenvalue weighted by Crippen LogP contribution is 2.49. The summed E-state index contributed by atoms with van der Waals surface area (Å²) in [6, 6.07) is 5.04. The van der Waals surface area contributed by atoms with Crippen LogP contribution in [0.1, 0.15) is 0 Å². The van der Waals surface area contributed by atoms with E-state index in [4.69, 9.17) is 19.9 Å². The number of nitrogens with two attached hydrogens (primary N) is 1. The van der Waals surface area contributed by atoms with Crippen LogP contribution in [0.3, 0.4) is 0 Å². The number of aromatic nitrogens is 1. The maximum atomic E-state index is 13.0. The highest BCUT2D eigenvalue weighted by Gasteiger charge is 2.26. The summed E-state index contributed by atoms with van der Waals surface area (Å²) in [4.78, 5) is 13.0. The number of aryl methyl sites for hydroxylation is 1. The number of nitrogens with zero attached hydrogens (tertiary/aromatic N) is 1. The van der Waals surface area contributed by atoms with E-state index < -0.39 is 0 Å². The van der Waals surface area contributed by atoms with E-state index in [9.17, 15) is 9.90 Å². The summed E-state index contributed by atoms with van der Waals surface area (Å²) < 4.78 is 17.8. The summed E-state index contributed by atoms with van der Waals surface area (Å²) >= 11 is 0. The monoisotopic (exact) mass is 330 g/mol. The number of rotatable bonds is 3. The minimum atomic E-state index is -0.359. The van der Waals surface area contributed by atoms with Gasteiger partial charge in [0.15, 0.2) is 11.5 Å². The summed E-state index contributed by atoms with van der Waals surface area (Å²) in [5.41, 5.74) is 6.98. The van der Waals surface area contributed by atoms with Gasteiger partial charge in [0, 0.05) is 18.1 Å². The molecule has 7 nitrogen and oxygen atoms in total. The first-order valence-corrected chi connectivity index (χ1v) is 7.19. The van der Waals surface area contributed by atoms with Crippen LogP contribution in [-0.4, -0.2) is 31.0 Å². The Labute approximate surface area is 137 Å². The second-order valence-corrected chi connectivity index (χ2v) is 5.34. The summed E-state index contributed by atoms with van der Waals surface area (Å²) in [7, 11) is 6.05. The molecule has 0 spiro atoms. The van der Waals surface area contributed by atoms with Gasteiger partial charge in [-0.1, -0.05) is 0 Å². The van der Waals surface area contributed by atoms with Gasteiger partial charge in [0.05, 0.1) is 32.2 Å². The lowest BCUT2D eigenvalue weighted by Crippen LogP contribution is -2.12. The van der Waals surface area contributed by atoms with Crippen LogP contribution < -0.4 is 25.4 Å². The van der Waals surface area contributed by atoms with Gasteiger partial charge in [-0.2, -0.15) is 0 Å². The van der Waals surface area contributed by atoms with Gasteiger partial charge in [-0.25, -0.2) is 0 Å². The number of fused-ring (bicyclic) bond motifs is 2. The molecule has 0 radical (unpaired) electrons. The Morgan fingerprint density at radius 1 is 1.04 bits per heavy atom. The van der Waals surface area contributed by atoms with Crippen molar-refractivity contribution in [2.75, 3.05) is 27.1 Å². The van der Waals surface area contributed by atoms with Crippen molar-refractivity contribution >= 4 is 27.5 Å². The Balaban J connectivity index is 2.71. The van der Waals surface area contributed by atoms with E-state index in [2.05, 4.69) is 0 Å². The van der Waals surface area contributed by atoms with Crippen LogP contribution in [0.25, 0.3) is 21.8 Å². The van der Waals surface area contributed by atoms with Crippen molar-refractivity contribution in [1.82, 2.24) is 4.57 Å². The molecule has 24 heavy (non-hydrogen) atoms. The summed E-state index contributed by atoms with van der Waals surface area (Å²) in [6.45, 7) is 0. The standard InChI is InChI=1S/C17H18N2O5/c1-19-10-6-5-8(18)7-9(10)13(20)11-12(19)15(22-2)17(24-4)16(23-3)14(11)21/h5-7,21H,18H2,1-4H3. The third-order valence-electron chi connectivity index (χ3n) is 4.12. The van der Waals surface area contributed by atoms with Crippen LogP contribution in [0.4, 0.5) is 5.69 Å². The van der Waals surface area contributed by atoms with Gasteiger partial charge >= 0.3 is 0 Å². The number of hydrogen-bond donors (Lipinski definition) is 2. The van der Waals surface area contributed by atoms with Gasteiger partial charge in [0.2, 0.25) is 16.9 Å². The number of benzene rings is 2. The number of methoxy groups -OCH3 is 3. The third kappa shape index (κ3) is 1.94. The predicted molar refractivity (Wildman–Crippen MR) is 92.4 cm³/mol. The first-order chi connectivity index (χ1) is 11.5. The molecular weight excluding hydrogens is 312 g/mol. The lowest BCUT2D eigenvalue weighted by molar-refractivity contribution is 0.313. The predicted octanol–water partition coefficient (Wildman–Crippen LogP) is 2.01. The molecule has 1 aromatic heterocycles. The fraction of sp³-hybridized carbons (Fsp3) is 0.235. The van der Waals surface area contributed by atoms with E-state index in [1.165, 1.54) is 21.3 Å². The summed E-state index contributed by atoms with van der Waals surface area (Å²) in [6.07, 6.45) is 0. The first kappa shape index (κ1) is 15.8. The fourth-order valence-corrected chi connectivity index (χ4v) is 3.04. The number of hydrogen-bond acceptors (Lipinski definition) is 6. The molecular formula is C17H18N2O5. The van der Waals surface area contributed by atoms with Crippen molar-refractivity contribution in [2.24, 2.45) is 7.05 Å². The van der Waals surface area contributed by atoms with Gasteiger partial charge in [-0.05, 0) is 18.2 Å². The SMILES string of the molecule is COc1c(OC)c(OC)c2c(c1O)c(=O)c1cc(N)ccc1n2C. The van der Waals surface area contributed by atoms with Crippen LogP contribution in [-0.2, 0) is 7.05 Å². The molecule has 0 saturated heterocycles. The maximum Gasteiger partial charge on any atom is 0.209 e. The number of phenolic OH excluding ortho intramolecular Hbond substituents is 1. The number of pyridine rings is 1. The smallest absolute Gasteiger partial charge is 0.209 e. The summed E-state index contributed by atoms with van der Waals surface area (Å²) in [5, 5.41) is 11.1. The first-order valence-electron chi connectivity index (χ1n) is 7.19. The molecule has 0 unspecified atom stereocenters. The Bertz CT molecular complexity index is 1020. The van der Waals surface area contributed by atoms with Gasteiger partial charge < -0.3 is 29.6 Å². The van der Waals surface area contributed by atoms with Crippen LogP contribution >= 0.6 is 0 Å². The molecule has 0 fully saturated rings. The lowest BCUT2D eigenvalue weighted by Gasteiger charge is -2.19. The molecule has 3 aromatic rings. The molecule has 0 atom stereocenters. The van der Waals surface area contributed by atoms with E-state index in [0.717, 1.165) is 0 Å². The zero-order valence-electron chi connectivity index (χ0n) is 13.8. The van der Waals surface area contributed by atoms with Crippen molar-refractivity contribution < 1.29 is 19.3 Å². The van der Waals surface area contributed by atoms with Crippen molar-refractivity contribution in [1.29, 1.82) is 0 Å². The van der Waals surface area contributed by atoms with Gasteiger partial charge in [0.1, 0.15) is 5.52 Å². The minimum Gasteiger partial charge on any atom is -0.504 e. The van der Waals surface area contributed by atoms with Gasteiger partial charge in [-0.3, -0.25) is 4.79 Å². The average Bonchev–Trinajstić information content (AvgIpc) is 2.58. The second kappa shape index (κ2) is 5.52. The van der Waals surface area contributed by atoms with E-state index in [1.807, 2.05) is 0 Å². The van der Waals surface area contributed by atoms with E-state index in [1.54, 1.807) is 29.8 Å². The molecule has 0 saturated carbocycles. The molecule has 0 aliphatic heterocycles. The van der Waals surface area contributed by atoms with E-state index in [0.29, 0.717) is 27.9 Å². The van der Waals surface area contributed by atoms with Crippen LogP contribution in [0.15, 0.2) is 23.0 Å².